The van der Waals surface area contributed by atoms with E-state index in [1.807, 2.05) is 4.90 Å². The Balaban J connectivity index is 1.58. The summed E-state index contributed by atoms with van der Waals surface area (Å²) < 4.78 is 5.29. The molecule has 9 nitrogen and oxygen atoms in total. The molecule has 4 atom stereocenters. The number of imide groups is 1. The molecule has 3 heterocycles. The molecule has 0 unspecified atom stereocenters. The highest BCUT2D eigenvalue weighted by Crippen LogP contribution is 2.50. The molecule has 0 saturated carbocycles. The number of nitrogens with zero attached hydrogens (tertiary/aromatic N) is 3. The number of hydrogen-bond donors (Lipinski definition) is 0. The van der Waals surface area contributed by atoms with E-state index in [9.17, 15) is 24.5 Å². The maximum atomic E-state index is 13.7. The standard InChI is InChI=1S/C23H20ClN3O6/c1-33-17-9-8-14(27(31)32)11-16(17)26-22(29)18-15-3-2-10-25(15)20(19(18)23(26)30)21(28)12-4-6-13(24)7-5-12/h4-9,11,15,18-20H,2-3,10H2,1H3/t15-,18+,19-,20+/m1/s1. The van der Waals surface area contributed by atoms with Gasteiger partial charge in [0.15, 0.2) is 5.78 Å². The molecule has 0 aliphatic carbocycles. The number of benzene rings is 2. The van der Waals surface area contributed by atoms with Crippen molar-refractivity contribution in [3.05, 3.63) is 63.2 Å². The molecule has 10 heteroatoms. The minimum Gasteiger partial charge on any atom is -0.495 e. The second-order valence-corrected chi connectivity index (χ2v) is 8.88. The van der Waals surface area contributed by atoms with E-state index in [2.05, 4.69) is 0 Å². The summed E-state index contributed by atoms with van der Waals surface area (Å²) in [6.45, 7) is 0.627. The number of methoxy groups -OCH3 is 1. The minimum absolute atomic E-state index is 0.0262. The second-order valence-electron chi connectivity index (χ2n) is 8.44. The lowest BCUT2D eigenvalue weighted by Gasteiger charge is -2.28. The monoisotopic (exact) mass is 469 g/mol. The van der Waals surface area contributed by atoms with Crippen LogP contribution in [0.2, 0.25) is 5.02 Å². The Morgan fingerprint density at radius 2 is 1.82 bits per heavy atom. The van der Waals surface area contributed by atoms with E-state index in [1.54, 1.807) is 24.3 Å². The molecular weight excluding hydrogens is 450 g/mol. The van der Waals surface area contributed by atoms with Crippen LogP contribution in [0.25, 0.3) is 0 Å². The summed E-state index contributed by atoms with van der Waals surface area (Å²) in [5, 5.41) is 11.8. The minimum atomic E-state index is -0.866. The molecular formula is C23H20ClN3O6. The van der Waals surface area contributed by atoms with Crippen molar-refractivity contribution in [2.75, 3.05) is 18.6 Å². The van der Waals surface area contributed by atoms with E-state index in [0.717, 1.165) is 17.4 Å². The first-order valence-corrected chi connectivity index (χ1v) is 11.0. The number of Topliss-reactive ketones (excluding diaryl/α,β-unsaturated/α-hetero) is 1. The van der Waals surface area contributed by atoms with Gasteiger partial charge in [0.05, 0.1) is 29.9 Å². The summed E-state index contributed by atoms with van der Waals surface area (Å²) in [6, 6.07) is 9.22. The van der Waals surface area contributed by atoms with Crippen molar-refractivity contribution < 1.29 is 24.0 Å². The lowest BCUT2D eigenvalue weighted by atomic mass is 9.85. The van der Waals surface area contributed by atoms with Crippen molar-refractivity contribution in [2.24, 2.45) is 11.8 Å². The molecule has 2 aromatic carbocycles. The largest absolute Gasteiger partial charge is 0.495 e. The average molecular weight is 470 g/mol. The van der Waals surface area contributed by atoms with Crippen LogP contribution >= 0.6 is 11.6 Å². The number of ether oxygens (including phenoxy) is 1. The highest BCUT2D eigenvalue weighted by Gasteiger charge is 2.65. The van der Waals surface area contributed by atoms with Crippen LogP contribution in [0.5, 0.6) is 5.75 Å². The molecule has 3 aliphatic heterocycles. The van der Waals surface area contributed by atoms with Crippen molar-refractivity contribution in [1.82, 2.24) is 4.90 Å². The fraction of sp³-hybridized carbons (Fsp3) is 0.348. The summed E-state index contributed by atoms with van der Waals surface area (Å²) in [5.41, 5.74) is 0.181. The third-order valence-electron chi connectivity index (χ3n) is 6.86. The maximum Gasteiger partial charge on any atom is 0.271 e. The number of carbonyl (C=O) groups is 3. The Kier molecular flexibility index (Phi) is 5.18. The van der Waals surface area contributed by atoms with E-state index in [4.69, 9.17) is 16.3 Å². The van der Waals surface area contributed by atoms with Crippen molar-refractivity contribution >= 4 is 40.6 Å². The number of amides is 2. The molecule has 2 aromatic rings. The number of anilines is 1. The number of carbonyl (C=O) groups excluding carboxylic acids is 3. The second kappa shape index (κ2) is 7.93. The zero-order valence-corrected chi connectivity index (χ0v) is 18.4. The van der Waals surface area contributed by atoms with E-state index < -0.39 is 34.6 Å². The molecule has 2 amide bonds. The van der Waals surface area contributed by atoms with E-state index in [0.29, 0.717) is 23.6 Å². The van der Waals surface area contributed by atoms with Gasteiger partial charge in [-0.05, 0) is 49.7 Å². The molecule has 0 aromatic heterocycles. The van der Waals surface area contributed by atoms with Crippen molar-refractivity contribution in [1.29, 1.82) is 0 Å². The van der Waals surface area contributed by atoms with Crippen molar-refractivity contribution in [3.8, 4) is 5.75 Å². The number of non-ortho nitro benzene ring substituents is 1. The Morgan fingerprint density at radius 3 is 2.48 bits per heavy atom. The van der Waals surface area contributed by atoms with Crippen LogP contribution in [0, 0.1) is 22.0 Å². The van der Waals surface area contributed by atoms with Gasteiger partial charge in [-0.3, -0.25) is 29.4 Å². The normalized spacial score (nSPS) is 26.4. The van der Waals surface area contributed by atoms with Crippen LogP contribution in [-0.4, -0.2) is 53.2 Å². The van der Waals surface area contributed by atoms with Crippen molar-refractivity contribution in [3.63, 3.8) is 0 Å². The maximum absolute atomic E-state index is 13.7. The van der Waals surface area contributed by atoms with Gasteiger partial charge in [0.25, 0.3) is 5.69 Å². The Bertz CT molecular complexity index is 1180. The number of hydrogen-bond acceptors (Lipinski definition) is 7. The van der Waals surface area contributed by atoms with Crippen LogP contribution in [-0.2, 0) is 9.59 Å². The van der Waals surface area contributed by atoms with Crippen LogP contribution in [0.15, 0.2) is 42.5 Å². The smallest absolute Gasteiger partial charge is 0.271 e. The van der Waals surface area contributed by atoms with Gasteiger partial charge in [-0.1, -0.05) is 11.6 Å². The highest BCUT2D eigenvalue weighted by atomic mass is 35.5. The van der Waals surface area contributed by atoms with Crippen LogP contribution in [0.1, 0.15) is 23.2 Å². The summed E-state index contributed by atoms with van der Waals surface area (Å²) >= 11 is 5.96. The molecule has 3 aliphatic rings. The number of halogens is 1. The topological polar surface area (TPSA) is 110 Å². The Hall–Kier alpha value is -3.30. The molecule has 3 fully saturated rings. The highest BCUT2D eigenvalue weighted by molar-refractivity contribution is 6.30. The fourth-order valence-corrected chi connectivity index (χ4v) is 5.63. The molecule has 170 valence electrons. The van der Waals surface area contributed by atoms with Crippen molar-refractivity contribution in [2.45, 2.75) is 24.9 Å². The SMILES string of the molecule is COc1ccc([N+](=O)[O-])cc1N1C(=O)[C@@H]2[C@@H](C1=O)[C@@H](C(=O)c1ccc(Cl)cc1)N1CCC[C@H]21. The number of rotatable bonds is 5. The quantitative estimate of drug-likeness (QED) is 0.286. The van der Waals surface area contributed by atoms with Gasteiger partial charge in [-0.2, -0.15) is 0 Å². The lowest BCUT2D eigenvalue weighted by molar-refractivity contribution is -0.384. The zero-order valence-electron chi connectivity index (χ0n) is 17.6. The molecule has 0 spiro atoms. The summed E-state index contributed by atoms with van der Waals surface area (Å²) in [7, 11) is 1.36. The predicted octanol–water partition coefficient (Wildman–Crippen LogP) is 3.09. The summed E-state index contributed by atoms with van der Waals surface area (Å²) in [6.07, 6.45) is 1.52. The van der Waals surface area contributed by atoms with Gasteiger partial charge in [0.1, 0.15) is 11.4 Å². The zero-order chi connectivity index (χ0) is 23.4. The van der Waals surface area contributed by atoms with Gasteiger partial charge >= 0.3 is 0 Å². The molecule has 0 radical (unpaired) electrons. The van der Waals surface area contributed by atoms with Crippen LogP contribution in [0.3, 0.4) is 0 Å². The molecule has 3 saturated heterocycles. The number of fused-ring (bicyclic) bond motifs is 3. The van der Waals surface area contributed by atoms with Gasteiger partial charge in [-0.25, -0.2) is 4.90 Å². The Morgan fingerprint density at radius 1 is 1.12 bits per heavy atom. The first kappa shape index (κ1) is 21.5. The van der Waals surface area contributed by atoms with Gasteiger partial charge < -0.3 is 4.74 Å². The van der Waals surface area contributed by atoms with E-state index >= 15 is 0 Å². The molecule has 0 N–H and O–H groups in total. The average Bonchev–Trinajstić information content (AvgIpc) is 3.45. The van der Waals surface area contributed by atoms with E-state index in [1.165, 1.54) is 19.2 Å². The predicted molar refractivity (Wildman–Crippen MR) is 118 cm³/mol. The molecule has 0 bridgehead atoms. The first-order chi connectivity index (χ1) is 15.8. The van der Waals surface area contributed by atoms with Gasteiger partial charge in [-0.15, -0.1) is 0 Å². The third kappa shape index (κ3) is 3.22. The Labute approximate surface area is 194 Å². The van der Waals surface area contributed by atoms with Gasteiger partial charge in [0, 0.05) is 28.8 Å². The molecule has 33 heavy (non-hydrogen) atoms. The third-order valence-corrected chi connectivity index (χ3v) is 7.12. The fourth-order valence-electron chi connectivity index (χ4n) is 5.50. The van der Waals surface area contributed by atoms with Crippen LogP contribution in [0.4, 0.5) is 11.4 Å². The lowest BCUT2D eigenvalue weighted by Crippen LogP contribution is -2.46. The van der Waals surface area contributed by atoms with Gasteiger partial charge in [0.2, 0.25) is 11.8 Å². The summed E-state index contributed by atoms with van der Waals surface area (Å²) in [5.74, 6) is -2.61. The summed E-state index contributed by atoms with van der Waals surface area (Å²) in [4.78, 5) is 54.4. The number of nitro benzene ring substituents is 1. The first-order valence-electron chi connectivity index (χ1n) is 10.6. The van der Waals surface area contributed by atoms with Crippen LogP contribution < -0.4 is 9.64 Å². The molecule has 5 rings (SSSR count). The van der Waals surface area contributed by atoms with E-state index in [-0.39, 0.29) is 28.9 Å². The number of nitro groups is 1. The number of ketones is 1.